The van der Waals surface area contributed by atoms with E-state index in [0.29, 0.717) is 23.2 Å². The lowest BCUT2D eigenvalue weighted by Crippen LogP contribution is -2.51. The first-order valence-corrected chi connectivity index (χ1v) is 6.60. The number of hydrogen-bond acceptors (Lipinski definition) is 4. The molecule has 0 saturated carbocycles. The van der Waals surface area contributed by atoms with Crippen molar-refractivity contribution < 1.29 is 9.59 Å². The van der Waals surface area contributed by atoms with Crippen LogP contribution >= 0.6 is 11.6 Å². The lowest BCUT2D eigenvalue weighted by atomic mass is 9.85. The number of Topliss-reactive ketones (excluding diaryl/α,β-unsaturated/α-hetero) is 2. The molecule has 1 aromatic rings. The average Bonchev–Trinajstić information content (AvgIpc) is 2.46. The predicted octanol–water partition coefficient (Wildman–Crippen LogP) is 1.12. The summed E-state index contributed by atoms with van der Waals surface area (Å²) in [4.78, 5) is 24.7. The zero-order valence-electron chi connectivity index (χ0n) is 10.2. The van der Waals surface area contributed by atoms with Crippen LogP contribution in [-0.2, 0) is 0 Å². The highest BCUT2D eigenvalue weighted by atomic mass is 35.5. The molecule has 98 valence electrons. The molecule has 3 rings (SSSR count). The van der Waals surface area contributed by atoms with Crippen LogP contribution in [0.4, 0.5) is 0 Å². The van der Waals surface area contributed by atoms with Crippen LogP contribution in [0.5, 0.6) is 0 Å². The maximum Gasteiger partial charge on any atom is 0.205 e. The van der Waals surface area contributed by atoms with Gasteiger partial charge in [0.15, 0.2) is 5.78 Å². The second kappa shape index (κ2) is 4.89. The molecule has 1 atom stereocenters. The molecule has 0 spiro atoms. The molecule has 0 bridgehead atoms. The SMILES string of the molecule is O=C1C(Cl)=C(C2CNCCN2)C(=O)c2ccccc21. The van der Waals surface area contributed by atoms with Gasteiger partial charge in [-0.05, 0) is 0 Å². The molecule has 0 aromatic heterocycles. The van der Waals surface area contributed by atoms with Crippen LogP contribution in [0.2, 0.25) is 0 Å². The summed E-state index contributed by atoms with van der Waals surface area (Å²) in [5.74, 6) is -0.416. The molecule has 1 saturated heterocycles. The van der Waals surface area contributed by atoms with Crippen LogP contribution in [0.15, 0.2) is 34.9 Å². The fourth-order valence-corrected chi connectivity index (χ4v) is 2.85. The highest BCUT2D eigenvalue weighted by Crippen LogP contribution is 2.30. The molecule has 2 aliphatic rings. The summed E-state index contributed by atoms with van der Waals surface area (Å²) in [6.07, 6.45) is 0. The number of carbonyl (C=O) groups excluding carboxylic acids is 2. The van der Waals surface area contributed by atoms with Crippen molar-refractivity contribution in [2.24, 2.45) is 0 Å². The van der Waals surface area contributed by atoms with Gasteiger partial charge in [-0.2, -0.15) is 0 Å². The zero-order valence-corrected chi connectivity index (χ0v) is 11.0. The minimum absolute atomic E-state index is 0.0462. The van der Waals surface area contributed by atoms with Gasteiger partial charge in [0.25, 0.3) is 0 Å². The maximum atomic E-state index is 12.5. The van der Waals surface area contributed by atoms with Crippen molar-refractivity contribution in [3.63, 3.8) is 0 Å². The number of nitrogens with one attached hydrogen (secondary N) is 2. The standard InChI is InChI=1S/C14H13ClN2O2/c15-12-11(10-7-16-5-6-17-10)13(18)8-3-1-2-4-9(8)14(12)19/h1-4,10,16-17H,5-7H2. The Labute approximate surface area is 115 Å². The van der Waals surface area contributed by atoms with Gasteiger partial charge in [-0.1, -0.05) is 35.9 Å². The number of piperazine rings is 1. The van der Waals surface area contributed by atoms with E-state index in [1.165, 1.54) is 0 Å². The van der Waals surface area contributed by atoms with E-state index in [-0.39, 0.29) is 22.6 Å². The Bertz CT molecular complexity index is 589. The zero-order chi connectivity index (χ0) is 13.4. The number of allylic oxidation sites excluding steroid dienone is 1. The Balaban J connectivity index is 2.07. The third-order valence-corrected chi connectivity index (χ3v) is 3.86. The molecular formula is C14H13ClN2O2. The monoisotopic (exact) mass is 276 g/mol. The Hall–Kier alpha value is -1.49. The van der Waals surface area contributed by atoms with Crippen LogP contribution in [0.3, 0.4) is 0 Å². The largest absolute Gasteiger partial charge is 0.314 e. The van der Waals surface area contributed by atoms with Gasteiger partial charge in [0, 0.05) is 36.3 Å². The molecule has 0 amide bonds. The topological polar surface area (TPSA) is 58.2 Å². The molecule has 19 heavy (non-hydrogen) atoms. The van der Waals surface area contributed by atoms with E-state index in [1.807, 2.05) is 0 Å². The van der Waals surface area contributed by atoms with Crippen LogP contribution in [-0.4, -0.2) is 37.2 Å². The van der Waals surface area contributed by atoms with Crippen molar-refractivity contribution in [3.05, 3.63) is 46.0 Å². The molecule has 2 N–H and O–H groups in total. The quantitative estimate of drug-likeness (QED) is 0.807. The molecule has 1 aromatic carbocycles. The lowest BCUT2D eigenvalue weighted by Gasteiger charge is -2.29. The third-order valence-electron chi connectivity index (χ3n) is 3.49. The van der Waals surface area contributed by atoms with E-state index >= 15 is 0 Å². The fourth-order valence-electron chi connectivity index (χ4n) is 2.53. The van der Waals surface area contributed by atoms with Gasteiger partial charge in [-0.3, -0.25) is 9.59 Å². The minimum atomic E-state index is -0.265. The molecule has 4 nitrogen and oxygen atoms in total. The van der Waals surface area contributed by atoms with Crippen molar-refractivity contribution in [1.82, 2.24) is 10.6 Å². The summed E-state index contributed by atoms with van der Waals surface area (Å²) in [5.41, 5.74) is 1.22. The van der Waals surface area contributed by atoms with E-state index in [0.717, 1.165) is 13.1 Å². The van der Waals surface area contributed by atoms with Crippen molar-refractivity contribution in [3.8, 4) is 0 Å². The molecule has 1 unspecified atom stereocenters. The summed E-state index contributed by atoms with van der Waals surface area (Å²) in [7, 11) is 0. The summed E-state index contributed by atoms with van der Waals surface area (Å²) in [6.45, 7) is 2.20. The van der Waals surface area contributed by atoms with Gasteiger partial charge < -0.3 is 10.6 Å². The first-order valence-electron chi connectivity index (χ1n) is 6.22. The van der Waals surface area contributed by atoms with Gasteiger partial charge >= 0.3 is 0 Å². The van der Waals surface area contributed by atoms with Crippen molar-refractivity contribution in [1.29, 1.82) is 0 Å². The normalized spacial score (nSPS) is 23.5. The number of halogens is 1. The molecule has 5 heteroatoms. The van der Waals surface area contributed by atoms with Gasteiger partial charge in [0.05, 0.1) is 11.1 Å². The van der Waals surface area contributed by atoms with Crippen LogP contribution in [0.25, 0.3) is 0 Å². The number of ketones is 2. The van der Waals surface area contributed by atoms with Crippen molar-refractivity contribution in [2.45, 2.75) is 6.04 Å². The van der Waals surface area contributed by atoms with Gasteiger partial charge in [-0.25, -0.2) is 0 Å². The summed E-state index contributed by atoms with van der Waals surface area (Å²) >= 11 is 6.13. The molecule has 1 aliphatic carbocycles. The average molecular weight is 277 g/mol. The van der Waals surface area contributed by atoms with E-state index in [9.17, 15) is 9.59 Å². The molecular weight excluding hydrogens is 264 g/mol. The van der Waals surface area contributed by atoms with Crippen LogP contribution in [0, 0.1) is 0 Å². The van der Waals surface area contributed by atoms with Crippen molar-refractivity contribution in [2.75, 3.05) is 19.6 Å². The Morgan fingerprint density at radius 1 is 1.05 bits per heavy atom. The molecule has 1 heterocycles. The van der Waals surface area contributed by atoms with Gasteiger partial charge in [0.1, 0.15) is 0 Å². The van der Waals surface area contributed by atoms with Gasteiger partial charge in [0.2, 0.25) is 5.78 Å². The summed E-state index contributed by atoms with van der Waals surface area (Å²) < 4.78 is 0. The fraction of sp³-hybridized carbons (Fsp3) is 0.286. The second-order valence-corrected chi connectivity index (χ2v) is 5.02. The minimum Gasteiger partial charge on any atom is -0.314 e. The van der Waals surface area contributed by atoms with Crippen LogP contribution in [0.1, 0.15) is 20.7 Å². The number of carbonyl (C=O) groups is 2. The van der Waals surface area contributed by atoms with E-state index in [4.69, 9.17) is 11.6 Å². The van der Waals surface area contributed by atoms with E-state index in [1.54, 1.807) is 24.3 Å². The first-order chi connectivity index (χ1) is 9.20. The summed E-state index contributed by atoms with van der Waals surface area (Å²) in [6, 6.07) is 6.61. The lowest BCUT2D eigenvalue weighted by molar-refractivity contribution is 0.0972. The van der Waals surface area contributed by atoms with Crippen LogP contribution < -0.4 is 10.6 Å². The van der Waals surface area contributed by atoms with Crippen molar-refractivity contribution >= 4 is 23.2 Å². The summed E-state index contributed by atoms with van der Waals surface area (Å²) in [5, 5.41) is 6.46. The highest BCUT2D eigenvalue weighted by Gasteiger charge is 2.35. The molecule has 0 radical (unpaired) electrons. The number of benzene rings is 1. The second-order valence-electron chi connectivity index (χ2n) is 4.64. The smallest absolute Gasteiger partial charge is 0.205 e. The van der Waals surface area contributed by atoms with E-state index in [2.05, 4.69) is 10.6 Å². The number of fused-ring (bicyclic) bond motifs is 1. The Kier molecular flexibility index (Phi) is 3.22. The third kappa shape index (κ3) is 2.02. The first kappa shape index (κ1) is 12.5. The number of rotatable bonds is 1. The molecule has 1 fully saturated rings. The predicted molar refractivity (Wildman–Crippen MR) is 72.6 cm³/mol. The Morgan fingerprint density at radius 3 is 2.37 bits per heavy atom. The number of hydrogen-bond donors (Lipinski definition) is 2. The molecule has 1 aliphatic heterocycles. The van der Waals surface area contributed by atoms with E-state index < -0.39 is 0 Å². The maximum absolute atomic E-state index is 12.5. The Morgan fingerprint density at radius 2 is 1.74 bits per heavy atom. The van der Waals surface area contributed by atoms with Gasteiger partial charge in [-0.15, -0.1) is 0 Å². The highest BCUT2D eigenvalue weighted by molar-refractivity contribution is 6.50.